The van der Waals surface area contributed by atoms with Gasteiger partial charge in [-0.3, -0.25) is 4.79 Å². The van der Waals surface area contributed by atoms with Crippen molar-refractivity contribution in [3.8, 4) is 5.75 Å². The van der Waals surface area contributed by atoms with Crippen LogP contribution < -0.4 is 15.3 Å². The van der Waals surface area contributed by atoms with Gasteiger partial charge in [0.15, 0.2) is 0 Å². The first kappa shape index (κ1) is 23.7. The Bertz CT molecular complexity index is 1330. The van der Waals surface area contributed by atoms with Crippen LogP contribution in [-0.4, -0.2) is 34.7 Å². The second-order valence-electron chi connectivity index (χ2n) is 8.42. The summed E-state index contributed by atoms with van der Waals surface area (Å²) in [6, 6.07) is 11.5. The SMILES string of the molecule is COc1ccc2c(CN3C(=O)N(c4ccc(SC(C)(F)F)cc4)C(=O)C3(C)C)cc(=O)oc2c1. The van der Waals surface area contributed by atoms with Gasteiger partial charge in [-0.05, 0) is 55.8 Å². The molecule has 1 aliphatic heterocycles. The Morgan fingerprint density at radius 3 is 2.35 bits per heavy atom. The Morgan fingerprint density at radius 2 is 1.74 bits per heavy atom. The highest BCUT2D eigenvalue weighted by Gasteiger charge is 2.51. The monoisotopic (exact) mass is 488 g/mol. The molecule has 2 aromatic carbocycles. The van der Waals surface area contributed by atoms with Gasteiger partial charge in [-0.25, -0.2) is 14.5 Å². The predicted octanol–water partition coefficient (Wildman–Crippen LogP) is 5.25. The molecule has 0 aliphatic carbocycles. The fraction of sp³-hybridized carbons (Fsp3) is 0.292. The van der Waals surface area contributed by atoms with Crippen molar-refractivity contribution in [2.24, 2.45) is 0 Å². The number of anilines is 1. The predicted molar refractivity (Wildman–Crippen MR) is 124 cm³/mol. The second-order valence-corrected chi connectivity index (χ2v) is 9.82. The Kier molecular flexibility index (Phi) is 5.89. The van der Waals surface area contributed by atoms with Crippen molar-refractivity contribution in [1.29, 1.82) is 0 Å². The zero-order valence-electron chi connectivity index (χ0n) is 18.9. The van der Waals surface area contributed by atoms with Crippen LogP contribution >= 0.6 is 11.8 Å². The Labute approximate surface area is 198 Å². The van der Waals surface area contributed by atoms with Gasteiger partial charge in [0.25, 0.3) is 11.2 Å². The number of benzene rings is 2. The molecular formula is C24H22F2N2O5S. The molecule has 1 saturated heterocycles. The fourth-order valence-corrected chi connectivity index (χ4v) is 4.52. The zero-order chi connectivity index (χ0) is 24.8. The lowest BCUT2D eigenvalue weighted by atomic mass is 10.0. The molecule has 0 saturated carbocycles. The number of methoxy groups -OCH3 is 1. The molecule has 1 fully saturated rings. The molecular weight excluding hydrogens is 466 g/mol. The first-order valence-electron chi connectivity index (χ1n) is 10.3. The number of amides is 3. The van der Waals surface area contributed by atoms with E-state index in [1.165, 1.54) is 42.3 Å². The van der Waals surface area contributed by atoms with E-state index in [4.69, 9.17) is 9.15 Å². The summed E-state index contributed by atoms with van der Waals surface area (Å²) >= 11 is 0.381. The van der Waals surface area contributed by atoms with E-state index in [-0.39, 0.29) is 12.2 Å². The number of carbonyl (C=O) groups excluding carboxylic acids is 2. The van der Waals surface area contributed by atoms with Gasteiger partial charge >= 0.3 is 11.7 Å². The highest BCUT2D eigenvalue weighted by Crippen LogP contribution is 2.38. The summed E-state index contributed by atoms with van der Waals surface area (Å²) in [5.41, 5.74) is -0.714. The van der Waals surface area contributed by atoms with Gasteiger partial charge < -0.3 is 14.1 Å². The number of nitrogens with zero attached hydrogens (tertiary/aromatic N) is 2. The number of urea groups is 1. The topological polar surface area (TPSA) is 80.1 Å². The average molecular weight is 489 g/mol. The minimum atomic E-state index is -2.95. The van der Waals surface area contributed by atoms with Crippen molar-refractivity contribution in [3.05, 3.63) is 64.5 Å². The van der Waals surface area contributed by atoms with Crippen LogP contribution in [0.5, 0.6) is 5.75 Å². The molecule has 0 atom stereocenters. The van der Waals surface area contributed by atoms with E-state index in [9.17, 15) is 23.2 Å². The summed E-state index contributed by atoms with van der Waals surface area (Å²) in [4.78, 5) is 41.4. The maximum Gasteiger partial charge on any atom is 0.336 e. The average Bonchev–Trinajstić information content (AvgIpc) is 2.92. The first-order valence-corrected chi connectivity index (χ1v) is 11.2. The van der Waals surface area contributed by atoms with E-state index >= 15 is 0 Å². The van der Waals surface area contributed by atoms with Crippen LogP contribution in [0.15, 0.2) is 62.6 Å². The lowest BCUT2D eigenvalue weighted by molar-refractivity contribution is -0.123. The maximum atomic E-state index is 13.4. The molecule has 3 amide bonds. The van der Waals surface area contributed by atoms with Crippen LogP contribution in [0, 0.1) is 0 Å². The lowest BCUT2D eigenvalue weighted by Gasteiger charge is -2.28. The van der Waals surface area contributed by atoms with E-state index in [1.807, 2.05) is 0 Å². The third kappa shape index (κ3) is 4.37. The van der Waals surface area contributed by atoms with Crippen molar-refractivity contribution in [2.45, 2.75) is 43.0 Å². The molecule has 0 radical (unpaired) electrons. The number of rotatable bonds is 6. The third-order valence-electron chi connectivity index (χ3n) is 5.58. The zero-order valence-corrected chi connectivity index (χ0v) is 19.7. The molecule has 4 rings (SSSR count). The standard InChI is InChI=1S/C24H22F2N2O5S/c1-23(2)21(30)28(15-5-8-17(9-6-15)34-24(3,25)26)22(31)27(23)13-14-11-20(29)33-19-12-16(32-4)7-10-18(14)19/h5-12H,13H2,1-4H3. The van der Waals surface area contributed by atoms with Gasteiger partial charge in [-0.2, -0.15) is 8.78 Å². The van der Waals surface area contributed by atoms with Gasteiger partial charge in [0, 0.05) is 35.9 Å². The van der Waals surface area contributed by atoms with Crippen LogP contribution in [0.3, 0.4) is 0 Å². The van der Waals surface area contributed by atoms with E-state index in [1.54, 1.807) is 32.0 Å². The van der Waals surface area contributed by atoms with E-state index in [0.717, 1.165) is 11.8 Å². The molecule has 1 aromatic heterocycles. The van der Waals surface area contributed by atoms with Crippen LogP contribution in [0.25, 0.3) is 11.0 Å². The minimum absolute atomic E-state index is 0.0154. The van der Waals surface area contributed by atoms with E-state index in [2.05, 4.69) is 0 Å². The third-order valence-corrected chi connectivity index (χ3v) is 6.45. The molecule has 1 aliphatic rings. The summed E-state index contributed by atoms with van der Waals surface area (Å²) in [7, 11) is 1.49. The van der Waals surface area contributed by atoms with Crippen LogP contribution in [0.1, 0.15) is 26.3 Å². The molecule has 34 heavy (non-hydrogen) atoms. The van der Waals surface area contributed by atoms with Crippen molar-refractivity contribution < 1.29 is 27.5 Å². The Hall–Kier alpha value is -3.40. The fourth-order valence-electron chi connectivity index (χ4n) is 3.84. The molecule has 0 bridgehead atoms. The Balaban J connectivity index is 1.67. The van der Waals surface area contributed by atoms with Crippen LogP contribution in [-0.2, 0) is 11.3 Å². The number of thioether (sulfide) groups is 1. The first-order chi connectivity index (χ1) is 15.9. The smallest absolute Gasteiger partial charge is 0.336 e. The van der Waals surface area contributed by atoms with Crippen molar-refractivity contribution in [1.82, 2.24) is 4.90 Å². The van der Waals surface area contributed by atoms with Gasteiger partial charge in [0.2, 0.25) is 0 Å². The molecule has 10 heteroatoms. The Morgan fingerprint density at radius 1 is 1.06 bits per heavy atom. The summed E-state index contributed by atoms with van der Waals surface area (Å²) in [6.07, 6.45) is 0. The number of fused-ring (bicyclic) bond motifs is 1. The molecule has 2 heterocycles. The molecule has 0 N–H and O–H groups in total. The van der Waals surface area contributed by atoms with Crippen LogP contribution in [0.4, 0.5) is 19.3 Å². The van der Waals surface area contributed by atoms with Gasteiger partial charge in [0.1, 0.15) is 16.9 Å². The summed E-state index contributed by atoms with van der Waals surface area (Å²) in [5, 5.41) is -2.34. The van der Waals surface area contributed by atoms with Crippen LogP contribution in [0.2, 0.25) is 0 Å². The number of hydrogen-bond donors (Lipinski definition) is 0. The second kappa shape index (κ2) is 8.43. The van der Waals surface area contributed by atoms with Crippen molar-refractivity contribution in [2.75, 3.05) is 12.0 Å². The summed E-state index contributed by atoms with van der Waals surface area (Å²) in [5.74, 6) is 0.0434. The number of imide groups is 1. The molecule has 178 valence electrons. The van der Waals surface area contributed by atoms with Gasteiger partial charge in [0.05, 0.1) is 12.8 Å². The largest absolute Gasteiger partial charge is 0.497 e. The lowest BCUT2D eigenvalue weighted by Crippen LogP contribution is -2.43. The number of carbonyl (C=O) groups is 2. The maximum absolute atomic E-state index is 13.4. The number of alkyl halides is 2. The molecule has 7 nitrogen and oxygen atoms in total. The number of halogens is 2. The van der Waals surface area contributed by atoms with Crippen molar-refractivity contribution in [3.63, 3.8) is 0 Å². The molecule has 0 spiro atoms. The molecule has 0 unspecified atom stereocenters. The van der Waals surface area contributed by atoms with Crippen molar-refractivity contribution >= 4 is 40.4 Å². The normalized spacial score (nSPS) is 15.9. The van der Waals surface area contributed by atoms with Gasteiger partial charge in [-0.1, -0.05) is 11.8 Å². The molecule has 3 aromatic rings. The highest BCUT2D eigenvalue weighted by molar-refractivity contribution is 8.00. The van der Waals surface area contributed by atoms with E-state index in [0.29, 0.717) is 38.9 Å². The highest BCUT2D eigenvalue weighted by atomic mass is 32.2. The number of hydrogen-bond acceptors (Lipinski definition) is 6. The van der Waals surface area contributed by atoms with Gasteiger partial charge in [-0.15, -0.1) is 0 Å². The summed E-state index contributed by atoms with van der Waals surface area (Å²) in [6.45, 7) is 4.01. The quantitative estimate of drug-likeness (QED) is 0.268. The summed E-state index contributed by atoms with van der Waals surface area (Å²) < 4.78 is 37.0. The number of ether oxygens (including phenoxy) is 1. The van der Waals surface area contributed by atoms with E-state index < -0.39 is 28.4 Å². The minimum Gasteiger partial charge on any atom is -0.497 e.